The summed E-state index contributed by atoms with van der Waals surface area (Å²) in [7, 11) is 0. The zero-order valence-electron chi connectivity index (χ0n) is 24.7. The molecular formula is C34H40ClNO4. The Balaban J connectivity index is 1.60. The van der Waals surface area contributed by atoms with Gasteiger partial charge in [0, 0.05) is 41.3 Å². The third-order valence-corrected chi connectivity index (χ3v) is 8.33. The predicted octanol–water partition coefficient (Wildman–Crippen LogP) is 7.91. The summed E-state index contributed by atoms with van der Waals surface area (Å²) in [6.07, 6.45) is 2.38. The van der Waals surface area contributed by atoms with Crippen molar-refractivity contribution in [2.45, 2.75) is 86.7 Å². The Hall–Kier alpha value is -3.05. The van der Waals surface area contributed by atoms with Crippen molar-refractivity contribution in [2.24, 2.45) is 10.8 Å². The number of Topliss-reactive ketones (excluding diaryl/α,β-unsaturated/α-hetero) is 2. The van der Waals surface area contributed by atoms with Gasteiger partial charge in [0.05, 0.1) is 11.6 Å². The van der Waals surface area contributed by atoms with Crippen LogP contribution in [0.2, 0.25) is 5.02 Å². The van der Waals surface area contributed by atoms with Crippen LogP contribution < -0.4 is 14.8 Å². The van der Waals surface area contributed by atoms with Crippen LogP contribution in [0, 0.1) is 24.7 Å². The van der Waals surface area contributed by atoms with Gasteiger partial charge in [-0.05, 0) is 67.7 Å². The number of aryl methyl sites for hydroxylation is 2. The Labute approximate surface area is 243 Å². The van der Waals surface area contributed by atoms with Crippen LogP contribution in [-0.2, 0) is 16.2 Å². The van der Waals surface area contributed by atoms with E-state index >= 15 is 0 Å². The van der Waals surface area contributed by atoms with Crippen molar-refractivity contribution in [1.29, 1.82) is 0 Å². The van der Waals surface area contributed by atoms with Gasteiger partial charge in [-0.1, -0.05) is 68.6 Å². The average molecular weight is 562 g/mol. The minimum absolute atomic E-state index is 0.0807. The fraction of sp³-hybridized carbons (Fsp3) is 0.471. The molecular weight excluding hydrogens is 522 g/mol. The molecule has 0 unspecified atom stereocenters. The molecule has 0 fully saturated rings. The van der Waals surface area contributed by atoms with Crippen molar-refractivity contribution in [3.05, 3.63) is 80.1 Å². The van der Waals surface area contributed by atoms with Gasteiger partial charge < -0.3 is 14.8 Å². The number of allylic oxidation sites excluding steroid dienone is 4. The number of nitrogens with one attached hydrogen (secondary N) is 1. The molecule has 212 valence electrons. The van der Waals surface area contributed by atoms with E-state index < -0.39 is 5.92 Å². The highest BCUT2D eigenvalue weighted by Crippen LogP contribution is 2.52. The number of ether oxygens (including phenoxy) is 2. The van der Waals surface area contributed by atoms with E-state index in [1.807, 2.05) is 19.1 Å². The van der Waals surface area contributed by atoms with E-state index in [2.05, 4.69) is 65.1 Å². The normalized spacial score (nSPS) is 20.2. The van der Waals surface area contributed by atoms with Gasteiger partial charge in [-0.25, -0.2) is 0 Å². The monoisotopic (exact) mass is 561 g/mol. The zero-order valence-corrected chi connectivity index (χ0v) is 25.5. The van der Waals surface area contributed by atoms with Gasteiger partial charge in [-0.3, -0.25) is 9.59 Å². The molecule has 0 radical (unpaired) electrons. The second-order valence-corrected chi connectivity index (χ2v) is 13.7. The highest BCUT2D eigenvalue weighted by molar-refractivity contribution is 6.32. The van der Waals surface area contributed by atoms with Crippen molar-refractivity contribution >= 4 is 23.2 Å². The van der Waals surface area contributed by atoms with E-state index in [9.17, 15) is 9.59 Å². The third-order valence-electron chi connectivity index (χ3n) is 8.05. The van der Waals surface area contributed by atoms with Gasteiger partial charge in [0.15, 0.2) is 23.1 Å². The highest BCUT2D eigenvalue weighted by Gasteiger charge is 2.46. The number of ketones is 2. The van der Waals surface area contributed by atoms with Gasteiger partial charge in [0.2, 0.25) is 0 Å². The van der Waals surface area contributed by atoms with E-state index in [-0.39, 0.29) is 22.4 Å². The predicted molar refractivity (Wildman–Crippen MR) is 159 cm³/mol. The number of halogens is 1. The van der Waals surface area contributed by atoms with Crippen molar-refractivity contribution in [1.82, 2.24) is 5.32 Å². The summed E-state index contributed by atoms with van der Waals surface area (Å²) in [5.74, 6) is 0.665. The molecule has 2 aromatic carbocycles. The Bertz CT molecular complexity index is 1390. The number of dihydropyridines is 1. The minimum atomic E-state index is -0.483. The van der Waals surface area contributed by atoms with Gasteiger partial charge in [0.1, 0.15) is 6.61 Å². The molecule has 1 N–H and O–H groups in total. The maximum Gasteiger partial charge on any atom is 0.180 e. The zero-order chi connectivity index (χ0) is 29.0. The molecule has 0 saturated carbocycles. The molecule has 2 aromatic rings. The number of hydrogen-bond donors (Lipinski definition) is 1. The number of benzene rings is 2. The molecule has 1 heterocycles. The Morgan fingerprint density at radius 1 is 0.825 bits per heavy atom. The van der Waals surface area contributed by atoms with Crippen LogP contribution >= 0.6 is 11.6 Å². The molecule has 40 heavy (non-hydrogen) atoms. The van der Waals surface area contributed by atoms with Crippen molar-refractivity contribution < 1.29 is 19.1 Å². The van der Waals surface area contributed by atoms with Gasteiger partial charge in [-0.2, -0.15) is 0 Å². The second-order valence-electron chi connectivity index (χ2n) is 13.3. The average Bonchev–Trinajstić information content (AvgIpc) is 2.80. The van der Waals surface area contributed by atoms with Crippen molar-refractivity contribution in [2.75, 3.05) is 6.61 Å². The van der Waals surface area contributed by atoms with Crippen LogP contribution in [0.25, 0.3) is 0 Å². The fourth-order valence-corrected chi connectivity index (χ4v) is 6.96. The molecule has 6 heteroatoms. The molecule has 0 bridgehead atoms. The van der Waals surface area contributed by atoms with E-state index in [1.54, 1.807) is 0 Å². The molecule has 0 saturated heterocycles. The Morgan fingerprint density at radius 2 is 1.38 bits per heavy atom. The molecule has 2 aliphatic carbocycles. The lowest BCUT2D eigenvalue weighted by molar-refractivity contribution is -0.119. The topological polar surface area (TPSA) is 64.6 Å². The van der Waals surface area contributed by atoms with Crippen molar-refractivity contribution in [3.8, 4) is 11.5 Å². The minimum Gasteiger partial charge on any atom is -0.490 e. The number of rotatable bonds is 6. The SMILES string of the molecule is CCOc1cc(C2C3=C(CC(C)(C)CC3=O)NC3=C2C(=O)CC(C)(C)C3)cc(Cl)c1OCc1cc(C)cc(C)c1. The summed E-state index contributed by atoms with van der Waals surface area (Å²) in [4.78, 5) is 27.4. The van der Waals surface area contributed by atoms with E-state index in [4.69, 9.17) is 21.1 Å². The summed E-state index contributed by atoms with van der Waals surface area (Å²) >= 11 is 6.91. The Morgan fingerprint density at radius 3 is 1.90 bits per heavy atom. The summed E-state index contributed by atoms with van der Waals surface area (Å²) in [5, 5.41) is 3.97. The standard InChI is InChI=1S/C34H40ClNO4/c1-8-39-28-13-22(12-23(35)32(28)40-18-21-10-19(2)9-20(3)11-21)29-30-24(14-33(4,5)16-26(30)37)36-25-15-34(6,7)17-27(38)31(25)29/h9-13,29,36H,8,14-18H2,1-7H3. The van der Waals surface area contributed by atoms with E-state index in [1.165, 1.54) is 11.1 Å². The quantitative estimate of drug-likeness (QED) is 0.388. The summed E-state index contributed by atoms with van der Waals surface area (Å²) in [6.45, 7) is 15.3. The van der Waals surface area contributed by atoms with E-state index in [0.29, 0.717) is 53.7 Å². The lowest BCUT2D eigenvalue weighted by Crippen LogP contribution is -2.42. The molecule has 0 amide bonds. The van der Waals surface area contributed by atoms with Gasteiger partial charge in [-0.15, -0.1) is 0 Å². The van der Waals surface area contributed by atoms with Crippen LogP contribution in [0.3, 0.4) is 0 Å². The van der Waals surface area contributed by atoms with E-state index in [0.717, 1.165) is 35.4 Å². The van der Waals surface area contributed by atoms with Gasteiger partial charge in [0.25, 0.3) is 0 Å². The summed E-state index contributed by atoms with van der Waals surface area (Å²) in [6, 6.07) is 10.1. The Kier molecular flexibility index (Phi) is 7.41. The number of hydrogen-bond acceptors (Lipinski definition) is 5. The summed E-state index contributed by atoms with van der Waals surface area (Å²) in [5.41, 5.74) is 7.11. The number of carbonyl (C=O) groups is 2. The van der Waals surface area contributed by atoms with Crippen LogP contribution in [0.15, 0.2) is 52.9 Å². The maximum absolute atomic E-state index is 13.7. The van der Waals surface area contributed by atoms with Gasteiger partial charge >= 0.3 is 0 Å². The number of carbonyl (C=O) groups excluding carboxylic acids is 2. The molecule has 0 spiro atoms. The summed E-state index contributed by atoms with van der Waals surface area (Å²) < 4.78 is 12.3. The highest BCUT2D eigenvalue weighted by atomic mass is 35.5. The molecule has 0 atom stereocenters. The molecule has 1 aliphatic heterocycles. The maximum atomic E-state index is 13.7. The van der Waals surface area contributed by atoms with Crippen molar-refractivity contribution in [3.63, 3.8) is 0 Å². The lowest BCUT2D eigenvalue weighted by atomic mass is 9.64. The van der Waals surface area contributed by atoms with Crippen LogP contribution in [0.1, 0.15) is 88.5 Å². The first-order valence-corrected chi connectivity index (χ1v) is 14.6. The molecule has 0 aromatic heterocycles. The van der Waals surface area contributed by atoms with Crippen LogP contribution in [0.4, 0.5) is 0 Å². The first kappa shape index (κ1) is 28.5. The first-order valence-electron chi connectivity index (χ1n) is 14.2. The first-order chi connectivity index (χ1) is 18.8. The fourth-order valence-electron chi connectivity index (χ4n) is 6.69. The second kappa shape index (κ2) is 10.4. The van der Waals surface area contributed by atoms with Crippen LogP contribution in [0.5, 0.6) is 11.5 Å². The third kappa shape index (κ3) is 5.58. The van der Waals surface area contributed by atoms with Crippen LogP contribution in [-0.4, -0.2) is 18.2 Å². The smallest absolute Gasteiger partial charge is 0.180 e. The lowest BCUT2D eigenvalue weighted by Gasteiger charge is -2.44. The molecule has 5 rings (SSSR count). The molecule has 5 nitrogen and oxygen atoms in total. The molecule has 3 aliphatic rings. The largest absolute Gasteiger partial charge is 0.490 e.